The van der Waals surface area contributed by atoms with Crippen molar-refractivity contribution in [3.63, 3.8) is 0 Å². The minimum atomic E-state index is -0.521. The smallest absolute Gasteiger partial charge is 0.287 e. The molecule has 0 unspecified atom stereocenters. The summed E-state index contributed by atoms with van der Waals surface area (Å²) >= 11 is 5.65. The molecule has 0 bridgehead atoms. The minimum Gasteiger partial charge on any atom is -0.440 e. The summed E-state index contributed by atoms with van der Waals surface area (Å²) in [5.41, 5.74) is 0.0743. The Bertz CT molecular complexity index is 754. The Morgan fingerprint density at radius 2 is 1.88 bits per heavy atom. The molecular formula is C17H16ClFN2O3. The van der Waals surface area contributed by atoms with E-state index in [1.165, 1.54) is 24.3 Å². The number of likely N-dealkylation sites (tertiary alicyclic amines) is 1. The number of hydrogen-bond donors (Lipinski definition) is 1. The number of carbonyl (C=O) groups is 2. The molecule has 2 aromatic rings. The van der Waals surface area contributed by atoms with Crippen molar-refractivity contribution in [3.8, 4) is 0 Å². The standard InChI is InChI=1S/C17H16ClFN2O3/c18-15-6-5-14(24-15)16(22)20-11-7-9-21(10-8-11)17(23)12-3-1-2-4-13(12)19/h1-6,11H,7-10H2,(H,20,22). The molecule has 126 valence electrons. The lowest BCUT2D eigenvalue weighted by atomic mass is 10.0. The fourth-order valence-corrected chi connectivity index (χ4v) is 2.87. The van der Waals surface area contributed by atoms with Crippen LogP contribution in [0.15, 0.2) is 40.8 Å². The summed E-state index contributed by atoms with van der Waals surface area (Å²) in [5.74, 6) is -1.02. The molecule has 0 saturated carbocycles. The first kappa shape index (κ1) is 16.5. The van der Waals surface area contributed by atoms with Gasteiger partial charge in [0, 0.05) is 19.1 Å². The van der Waals surface area contributed by atoms with E-state index in [0.29, 0.717) is 25.9 Å². The summed E-state index contributed by atoms with van der Waals surface area (Å²) in [6.45, 7) is 0.911. The van der Waals surface area contributed by atoms with Crippen LogP contribution in [0.25, 0.3) is 0 Å². The number of furan rings is 1. The topological polar surface area (TPSA) is 62.6 Å². The van der Waals surface area contributed by atoms with Crippen LogP contribution in [0.1, 0.15) is 33.8 Å². The second kappa shape index (κ2) is 7.05. The van der Waals surface area contributed by atoms with Crippen LogP contribution in [0, 0.1) is 5.82 Å². The van der Waals surface area contributed by atoms with Gasteiger partial charge >= 0.3 is 0 Å². The van der Waals surface area contributed by atoms with Crippen molar-refractivity contribution in [2.24, 2.45) is 0 Å². The van der Waals surface area contributed by atoms with Crippen molar-refractivity contribution in [1.29, 1.82) is 0 Å². The van der Waals surface area contributed by atoms with Gasteiger partial charge in [-0.2, -0.15) is 0 Å². The lowest BCUT2D eigenvalue weighted by Gasteiger charge is -2.32. The first-order chi connectivity index (χ1) is 11.5. The number of nitrogens with zero attached hydrogens (tertiary/aromatic N) is 1. The van der Waals surface area contributed by atoms with Gasteiger partial charge in [0.25, 0.3) is 11.8 Å². The maximum atomic E-state index is 13.7. The Morgan fingerprint density at radius 1 is 1.17 bits per heavy atom. The van der Waals surface area contributed by atoms with Crippen LogP contribution in [-0.4, -0.2) is 35.8 Å². The highest BCUT2D eigenvalue weighted by atomic mass is 35.5. The zero-order valence-corrected chi connectivity index (χ0v) is 13.6. The van der Waals surface area contributed by atoms with Crippen molar-refractivity contribution >= 4 is 23.4 Å². The van der Waals surface area contributed by atoms with Crippen molar-refractivity contribution in [2.45, 2.75) is 18.9 Å². The van der Waals surface area contributed by atoms with E-state index in [2.05, 4.69) is 5.32 Å². The highest BCUT2D eigenvalue weighted by molar-refractivity contribution is 6.29. The van der Waals surface area contributed by atoms with E-state index in [-0.39, 0.29) is 34.4 Å². The number of hydrogen-bond acceptors (Lipinski definition) is 3. The van der Waals surface area contributed by atoms with Gasteiger partial charge in [-0.1, -0.05) is 12.1 Å². The SMILES string of the molecule is O=C(NC1CCN(C(=O)c2ccccc2F)CC1)c1ccc(Cl)o1. The molecule has 1 aliphatic heterocycles. The number of carbonyl (C=O) groups excluding carboxylic acids is 2. The summed E-state index contributed by atoms with van der Waals surface area (Å²) in [6, 6.07) is 8.89. The highest BCUT2D eigenvalue weighted by Gasteiger charge is 2.26. The average Bonchev–Trinajstić information content (AvgIpc) is 3.02. The Kier molecular flexibility index (Phi) is 4.85. The number of rotatable bonds is 3. The summed E-state index contributed by atoms with van der Waals surface area (Å²) in [6.07, 6.45) is 1.20. The molecule has 1 fully saturated rings. The van der Waals surface area contributed by atoms with E-state index in [4.69, 9.17) is 16.0 Å². The number of nitrogens with one attached hydrogen (secondary N) is 1. The third kappa shape index (κ3) is 3.59. The maximum Gasteiger partial charge on any atom is 0.287 e. The third-order valence-corrected chi connectivity index (χ3v) is 4.22. The molecule has 0 atom stereocenters. The Hall–Kier alpha value is -2.34. The normalized spacial score (nSPS) is 15.3. The third-order valence-electron chi connectivity index (χ3n) is 4.02. The first-order valence-electron chi connectivity index (χ1n) is 7.64. The van der Waals surface area contributed by atoms with Gasteiger partial charge in [0.1, 0.15) is 5.82 Å². The fourth-order valence-electron chi connectivity index (χ4n) is 2.72. The second-order valence-corrected chi connectivity index (χ2v) is 6.00. The predicted octanol–water partition coefficient (Wildman–Crippen LogP) is 3.11. The van der Waals surface area contributed by atoms with E-state index >= 15 is 0 Å². The maximum absolute atomic E-state index is 13.7. The molecule has 0 spiro atoms. The van der Waals surface area contributed by atoms with Crippen LogP contribution in [0.4, 0.5) is 4.39 Å². The zero-order valence-electron chi connectivity index (χ0n) is 12.8. The monoisotopic (exact) mass is 350 g/mol. The van der Waals surface area contributed by atoms with Gasteiger partial charge in [-0.15, -0.1) is 0 Å². The highest BCUT2D eigenvalue weighted by Crippen LogP contribution is 2.17. The fraction of sp³-hybridized carbons (Fsp3) is 0.294. The molecule has 0 aliphatic carbocycles. The van der Waals surface area contributed by atoms with E-state index in [0.717, 1.165) is 0 Å². The molecule has 5 nitrogen and oxygen atoms in total. The number of benzene rings is 1. The van der Waals surface area contributed by atoms with Gasteiger partial charge in [-0.3, -0.25) is 9.59 Å². The van der Waals surface area contributed by atoms with Gasteiger partial charge in [0.05, 0.1) is 5.56 Å². The van der Waals surface area contributed by atoms with Gasteiger partial charge in [-0.05, 0) is 48.7 Å². The molecular weight excluding hydrogens is 335 g/mol. The van der Waals surface area contributed by atoms with Gasteiger partial charge in [0.2, 0.25) is 0 Å². The lowest BCUT2D eigenvalue weighted by molar-refractivity contribution is 0.0691. The average molecular weight is 351 g/mol. The molecule has 0 radical (unpaired) electrons. The van der Waals surface area contributed by atoms with Crippen molar-refractivity contribution < 1.29 is 18.4 Å². The molecule has 24 heavy (non-hydrogen) atoms. The molecule has 1 aliphatic rings. The predicted molar refractivity (Wildman–Crippen MR) is 86.5 cm³/mol. The molecule has 1 saturated heterocycles. The summed E-state index contributed by atoms with van der Waals surface area (Å²) in [7, 11) is 0. The Balaban J connectivity index is 1.55. The number of halogens is 2. The second-order valence-electron chi connectivity index (χ2n) is 5.62. The molecule has 1 N–H and O–H groups in total. The van der Waals surface area contributed by atoms with E-state index in [9.17, 15) is 14.0 Å². The first-order valence-corrected chi connectivity index (χ1v) is 8.02. The van der Waals surface area contributed by atoms with E-state index in [1.807, 2.05) is 0 Å². The van der Waals surface area contributed by atoms with Crippen LogP contribution < -0.4 is 5.32 Å². The van der Waals surface area contributed by atoms with Crippen LogP contribution in [0.3, 0.4) is 0 Å². The Morgan fingerprint density at radius 3 is 2.50 bits per heavy atom. The van der Waals surface area contributed by atoms with Crippen LogP contribution in [0.2, 0.25) is 5.22 Å². The van der Waals surface area contributed by atoms with Crippen LogP contribution in [0.5, 0.6) is 0 Å². The molecule has 2 heterocycles. The number of amides is 2. The number of piperidine rings is 1. The largest absolute Gasteiger partial charge is 0.440 e. The summed E-state index contributed by atoms with van der Waals surface area (Å²) in [4.78, 5) is 26.0. The van der Waals surface area contributed by atoms with E-state index in [1.54, 1.807) is 17.0 Å². The summed E-state index contributed by atoms with van der Waals surface area (Å²) < 4.78 is 18.8. The van der Waals surface area contributed by atoms with Gasteiger partial charge in [-0.25, -0.2) is 4.39 Å². The van der Waals surface area contributed by atoms with Gasteiger partial charge in [0.15, 0.2) is 11.0 Å². The summed E-state index contributed by atoms with van der Waals surface area (Å²) in [5, 5.41) is 3.01. The van der Waals surface area contributed by atoms with Crippen molar-refractivity contribution in [2.75, 3.05) is 13.1 Å². The minimum absolute atomic E-state index is 0.0638. The molecule has 1 aromatic heterocycles. The Labute approximate surface area is 143 Å². The van der Waals surface area contributed by atoms with E-state index < -0.39 is 5.82 Å². The quantitative estimate of drug-likeness (QED) is 0.925. The molecule has 2 amide bonds. The lowest BCUT2D eigenvalue weighted by Crippen LogP contribution is -2.46. The molecule has 7 heteroatoms. The van der Waals surface area contributed by atoms with Crippen LogP contribution in [-0.2, 0) is 0 Å². The van der Waals surface area contributed by atoms with Crippen LogP contribution >= 0.6 is 11.6 Å². The molecule has 3 rings (SSSR count). The molecule has 1 aromatic carbocycles. The van der Waals surface area contributed by atoms with Crippen molar-refractivity contribution in [3.05, 3.63) is 58.8 Å². The zero-order chi connectivity index (χ0) is 17.1. The van der Waals surface area contributed by atoms with Gasteiger partial charge < -0.3 is 14.6 Å². The van der Waals surface area contributed by atoms with Crippen molar-refractivity contribution in [1.82, 2.24) is 10.2 Å².